The van der Waals surface area contributed by atoms with Gasteiger partial charge in [-0.15, -0.1) is 0 Å². The average Bonchev–Trinajstić information content (AvgIpc) is 2.60. The van der Waals surface area contributed by atoms with E-state index in [2.05, 4.69) is 13.2 Å². The normalized spacial score (nSPS) is 10.0. The number of carbonyl (C=O) groups is 2. The van der Waals surface area contributed by atoms with Crippen LogP contribution in [0.15, 0.2) is 72.8 Å². The summed E-state index contributed by atoms with van der Waals surface area (Å²) in [5.74, 6) is -0.584. The second-order valence-electron chi connectivity index (χ2n) is 5.68. The Bertz CT molecular complexity index is 819. The topological polar surface area (TPSA) is 52.6 Å². The zero-order valence-corrected chi connectivity index (χ0v) is 14.4. The van der Waals surface area contributed by atoms with Crippen molar-refractivity contribution in [2.45, 2.75) is 20.5 Å². The van der Waals surface area contributed by atoms with E-state index >= 15 is 0 Å². The van der Waals surface area contributed by atoms with E-state index < -0.39 is 11.9 Å². The van der Waals surface area contributed by atoms with Crippen LogP contribution < -0.4 is 4.74 Å². The van der Waals surface area contributed by atoms with Gasteiger partial charge < -0.3 is 9.47 Å². The summed E-state index contributed by atoms with van der Waals surface area (Å²) in [6, 6.07) is 14.7. The molecule has 0 heterocycles. The van der Waals surface area contributed by atoms with Gasteiger partial charge in [0.05, 0.1) is 0 Å². The van der Waals surface area contributed by atoms with Gasteiger partial charge in [-0.2, -0.15) is 0 Å². The summed E-state index contributed by atoms with van der Waals surface area (Å²) in [4.78, 5) is 23.6. The van der Waals surface area contributed by atoms with Gasteiger partial charge in [-0.05, 0) is 25.5 Å². The van der Waals surface area contributed by atoms with E-state index in [0.717, 1.165) is 11.1 Å². The maximum atomic E-state index is 11.9. The van der Waals surface area contributed by atoms with Crippen molar-refractivity contribution in [2.24, 2.45) is 0 Å². The van der Waals surface area contributed by atoms with Crippen molar-refractivity contribution in [3.63, 3.8) is 0 Å². The molecule has 0 bridgehead atoms. The lowest BCUT2D eigenvalue weighted by molar-refractivity contribution is -0.140. The van der Waals surface area contributed by atoms with Crippen molar-refractivity contribution in [3.05, 3.63) is 78.4 Å². The lowest BCUT2D eigenvalue weighted by atomic mass is 9.99. The molecule has 0 N–H and O–H groups in total. The van der Waals surface area contributed by atoms with Crippen LogP contribution in [0.3, 0.4) is 0 Å². The van der Waals surface area contributed by atoms with Gasteiger partial charge in [0.15, 0.2) is 0 Å². The van der Waals surface area contributed by atoms with Crippen LogP contribution in [-0.2, 0) is 20.9 Å². The molecule has 2 aromatic carbocycles. The number of benzene rings is 2. The molecule has 0 aliphatic heterocycles. The SMILES string of the molecule is C=C(C)C(=O)OCc1cccc(OC(=O)C(=C)C)c1-c1ccccc1. The fraction of sp³-hybridized carbons (Fsp3) is 0.143. The zero-order chi connectivity index (χ0) is 18.4. The van der Waals surface area contributed by atoms with Gasteiger partial charge in [0.1, 0.15) is 12.4 Å². The van der Waals surface area contributed by atoms with E-state index in [0.29, 0.717) is 22.5 Å². The lowest BCUT2D eigenvalue weighted by Gasteiger charge is -2.15. The predicted molar refractivity (Wildman–Crippen MR) is 96.9 cm³/mol. The van der Waals surface area contributed by atoms with E-state index in [1.54, 1.807) is 26.0 Å². The summed E-state index contributed by atoms with van der Waals surface area (Å²) in [5.41, 5.74) is 2.92. The summed E-state index contributed by atoms with van der Waals surface area (Å²) in [5, 5.41) is 0. The molecule has 0 aliphatic carbocycles. The summed E-state index contributed by atoms with van der Waals surface area (Å²) in [6.07, 6.45) is 0. The molecular formula is C21H20O4. The highest BCUT2D eigenvalue weighted by Crippen LogP contribution is 2.34. The molecule has 2 aromatic rings. The number of esters is 2. The number of carbonyl (C=O) groups excluding carboxylic acids is 2. The van der Waals surface area contributed by atoms with Gasteiger partial charge in [-0.25, -0.2) is 9.59 Å². The molecule has 128 valence electrons. The minimum atomic E-state index is -0.506. The van der Waals surface area contributed by atoms with Gasteiger partial charge >= 0.3 is 11.9 Å². The molecule has 0 atom stereocenters. The van der Waals surface area contributed by atoms with E-state index in [4.69, 9.17) is 9.47 Å². The molecule has 0 aliphatic rings. The van der Waals surface area contributed by atoms with Crippen LogP contribution in [0.1, 0.15) is 19.4 Å². The smallest absolute Gasteiger partial charge is 0.338 e. The molecule has 4 heteroatoms. The van der Waals surface area contributed by atoms with Crippen molar-refractivity contribution in [2.75, 3.05) is 0 Å². The van der Waals surface area contributed by atoms with E-state index in [-0.39, 0.29) is 6.61 Å². The Kier molecular flexibility index (Phi) is 5.90. The molecule has 0 radical (unpaired) electrons. The Morgan fingerprint density at radius 2 is 1.52 bits per heavy atom. The number of ether oxygens (including phenoxy) is 2. The van der Waals surface area contributed by atoms with Crippen molar-refractivity contribution >= 4 is 11.9 Å². The Balaban J connectivity index is 2.44. The lowest BCUT2D eigenvalue weighted by Crippen LogP contribution is -2.10. The van der Waals surface area contributed by atoms with E-state index in [1.165, 1.54) is 0 Å². The molecule has 0 aromatic heterocycles. The van der Waals surface area contributed by atoms with Gasteiger partial charge in [0.25, 0.3) is 0 Å². The maximum Gasteiger partial charge on any atom is 0.338 e. The summed E-state index contributed by atoms with van der Waals surface area (Å²) in [7, 11) is 0. The highest BCUT2D eigenvalue weighted by atomic mass is 16.5. The highest BCUT2D eigenvalue weighted by molar-refractivity contribution is 5.90. The minimum Gasteiger partial charge on any atom is -0.457 e. The Morgan fingerprint density at radius 1 is 0.880 bits per heavy atom. The fourth-order valence-electron chi connectivity index (χ4n) is 2.17. The Morgan fingerprint density at radius 3 is 2.12 bits per heavy atom. The third-order valence-corrected chi connectivity index (χ3v) is 3.43. The van der Waals surface area contributed by atoms with Crippen LogP contribution in [0.5, 0.6) is 5.75 Å². The Hall–Kier alpha value is -3.14. The van der Waals surface area contributed by atoms with Gasteiger partial charge in [0, 0.05) is 22.3 Å². The molecular weight excluding hydrogens is 316 g/mol. The second kappa shape index (κ2) is 8.11. The maximum absolute atomic E-state index is 11.9. The first-order chi connectivity index (χ1) is 11.9. The Labute approximate surface area is 147 Å². The largest absolute Gasteiger partial charge is 0.457 e. The summed E-state index contributed by atoms with van der Waals surface area (Å²) in [6.45, 7) is 10.4. The van der Waals surface area contributed by atoms with Crippen molar-refractivity contribution in [1.82, 2.24) is 0 Å². The van der Waals surface area contributed by atoms with Crippen LogP contribution in [0.25, 0.3) is 11.1 Å². The zero-order valence-electron chi connectivity index (χ0n) is 14.4. The molecule has 0 fully saturated rings. The van der Waals surface area contributed by atoms with Crippen LogP contribution in [0.4, 0.5) is 0 Å². The molecule has 4 nitrogen and oxygen atoms in total. The fourth-order valence-corrected chi connectivity index (χ4v) is 2.17. The standard InChI is InChI=1S/C21H20O4/c1-14(2)20(22)24-13-17-11-8-12-18(25-21(23)15(3)4)19(17)16-9-6-5-7-10-16/h5-12H,1,3,13H2,2,4H3. The van der Waals surface area contributed by atoms with E-state index in [9.17, 15) is 9.59 Å². The van der Waals surface area contributed by atoms with Gasteiger partial charge in [-0.1, -0.05) is 55.6 Å². The first-order valence-corrected chi connectivity index (χ1v) is 7.77. The van der Waals surface area contributed by atoms with Crippen LogP contribution >= 0.6 is 0 Å². The molecule has 2 rings (SSSR count). The molecule has 25 heavy (non-hydrogen) atoms. The summed E-state index contributed by atoms with van der Waals surface area (Å²) >= 11 is 0. The predicted octanol–water partition coefficient (Wildman–Crippen LogP) is 4.45. The molecule has 0 saturated heterocycles. The second-order valence-corrected chi connectivity index (χ2v) is 5.68. The van der Waals surface area contributed by atoms with Crippen molar-refractivity contribution in [3.8, 4) is 16.9 Å². The number of hydrogen-bond donors (Lipinski definition) is 0. The number of hydrogen-bond acceptors (Lipinski definition) is 4. The third kappa shape index (κ3) is 4.67. The average molecular weight is 336 g/mol. The van der Waals surface area contributed by atoms with Crippen LogP contribution in [-0.4, -0.2) is 11.9 Å². The first-order valence-electron chi connectivity index (χ1n) is 7.77. The quantitative estimate of drug-likeness (QED) is 0.444. The summed E-state index contributed by atoms with van der Waals surface area (Å²) < 4.78 is 10.7. The first kappa shape index (κ1) is 18.2. The van der Waals surface area contributed by atoms with Crippen molar-refractivity contribution < 1.29 is 19.1 Å². The monoisotopic (exact) mass is 336 g/mol. The van der Waals surface area contributed by atoms with Crippen molar-refractivity contribution in [1.29, 1.82) is 0 Å². The van der Waals surface area contributed by atoms with Gasteiger partial charge in [-0.3, -0.25) is 0 Å². The molecule has 0 amide bonds. The molecule has 0 saturated carbocycles. The van der Waals surface area contributed by atoms with Crippen LogP contribution in [0, 0.1) is 0 Å². The van der Waals surface area contributed by atoms with Crippen LogP contribution in [0.2, 0.25) is 0 Å². The number of rotatable bonds is 6. The van der Waals surface area contributed by atoms with E-state index in [1.807, 2.05) is 36.4 Å². The minimum absolute atomic E-state index is 0.0500. The molecule has 0 spiro atoms. The highest BCUT2D eigenvalue weighted by Gasteiger charge is 2.16. The molecule has 0 unspecified atom stereocenters. The third-order valence-electron chi connectivity index (χ3n) is 3.43. The van der Waals surface area contributed by atoms with Gasteiger partial charge in [0.2, 0.25) is 0 Å².